The van der Waals surface area contributed by atoms with E-state index in [2.05, 4.69) is 5.32 Å². The lowest BCUT2D eigenvalue weighted by Gasteiger charge is -2.38. The largest absolute Gasteiger partial charge is 0.487 e. The van der Waals surface area contributed by atoms with Crippen molar-refractivity contribution in [2.24, 2.45) is 0 Å². The van der Waals surface area contributed by atoms with Gasteiger partial charge >= 0.3 is 0 Å². The zero-order chi connectivity index (χ0) is 15.0. The minimum Gasteiger partial charge on any atom is -0.487 e. The summed E-state index contributed by atoms with van der Waals surface area (Å²) in [6, 6.07) is 4.11. The highest BCUT2D eigenvalue weighted by Crippen LogP contribution is 2.39. The first-order valence-electron chi connectivity index (χ1n) is 6.65. The lowest BCUT2D eigenvalue weighted by Crippen LogP contribution is -2.41. The van der Waals surface area contributed by atoms with Crippen LogP contribution in [0.25, 0.3) is 0 Å². The van der Waals surface area contributed by atoms with E-state index in [4.69, 9.17) is 4.74 Å². The maximum atomic E-state index is 13.4. The monoisotopic (exact) mass is 301 g/mol. The molecule has 112 valence electrons. The SMILES string of the molecule is CCS(=O)(=O)CNC1CC(C)(C)Oc2ccc(F)cc21. The van der Waals surface area contributed by atoms with Crippen LogP contribution in [-0.2, 0) is 9.84 Å². The first kappa shape index (κ1) is 15.3. The molecule has 0 radical (unpaired) electrons. The van der Waals surface area contributed by atoms with Crippen molar-refractivity contribution in [3.63, 3.8) is 0 Å². The Morgan fingerprint density at radius 3 is 2.80 bits per heavy atom. The van der Waals surface area contributed by atoms with Gasteiger partial charge in [-0.25, -0.2) is 12.8 Å². The highest BCUT2D eigenvalue weighted by Gasteiger charge is 2.34. The van der Waals surface area contributed by atoms with Crippen LogP contribution in [0.4, 0.5) is 4.39 Å². The van der Waals surface area contributed by atoms with Crippen molar-refractivity contribution in [2.45, 2.75) is 38.8 Å². The van der Waals surface area contributed by atoms with E-state index in [0.29, 0.717) is 17.7 Å². The predicted octanol–water partition coefficient (Wildman–Crippen LogP) is 2.41. The Morgan fingerprint density at radius 2 is 2.15 bits per heavy atom. The molecule has 1 aliphatic heterocycles. The molecule has 1 aliphatic rings. The second-order valence-electron chi connectivity index (χ2n) is 5.68. The molecule has 1 N–H and O–H groups in total. The molecule has 0 bridgehead atoms. The number of sulfone groups is 1. The molecule has 20 heavy (non-hydrogen) atoms. The quantitative estimate of drug-likeness (QED) is 0.928. The number of hydrogen-bond donors (Lipinski definition) is 1. The highest BCUT2D eigenvalue weighted by molar-refractivity contribution is 7.91. The van der Waals surface area contributed by atoms with Crippen molar-refractivity contribution in [3.8, 4) is 5.75 Å². The average molecular weight is 301 g/mol. The molecule has 1 unspecified atom stereocenters. The van der Waals surface area contributed by atoms with Crippen molar-refractivity contribution < 1.29 is 17.5 Å². The van der Waals surface area contributed by atoms with E-state index in [1.807, 2.05) is 13.8 Å². The maximum absolute atomic E-state index is 13.4. The van der Waals surface area contributed by atoms with Gasteiger partial charge in [0.1, 0.15) is 17.2 Å². The number of hydrogen-bond acceptors (Lipinski definition) is 4. The third kappa shape index (κ3) is 3.49. The van der Waals surface area contributed by atoms with E-state index in [1.165, 1.54) is 12.1 Å². The summed E-state index contributed by atoms with van der Waals surface area (Å²) in [5.41, 5.74) is 0.258. The van der Waals surface area contributed by atoms with Crippen LogP contribution in [0.15, 0.2) is 18.2 Å². The molecule has 0 spiro atoms. The van der Waals surface area contributed by atoms with Gasteiger partial charge < -0.3 is 4.74 Å². The first-order chi connectivity index (χ1) is 9.22. The van der Waals surface area contributed by atoms with Gasteiger partial charge in [0.25, 0.3) is 0 Å². The molecule has 0 fully saturated rings. The van der Waals surface area contributed by atoms with Gasteiger partial charge in [0.15, 0.2) is 9.84 Å². The van der Waals surface area contributed by atoms with Gasteiger partial charge in [-0.2, -0.15) is 0 Å². The molecular formula is C14H20FNO3S. The van der Waals surface area contributed by atoms with Gasteiger partial charge in [0.05, 0.1) is 5.88 Å². The molecule has 0 saturated heterocycles. The number of benzene rings is 1. The van der Waals surface area contributed by atoms with Crippen molar-refractivity contribution in [3.05, 3.63) is 29.6 Å². The Bertz CT molecular complexity index is 598. The van der Waals surface area contributed by atoms with E-state index >= 15 is 0 Å². The fraction of sp³-hybridized carbons (Fsp3) is 0.571. The number of halogens is 1. The van der Waals surface area contributed by atoms with E-state index in [1.54, 1.807) is 13.0 Å². The molecule has 1 atom stereocenters. The third-order valence-corrected chi connectivity index (χ3v) is 4.90. The summed E-state index contributed by atoms with van der Waals surface area (Å²) in [4.78, 5) is 0. The molecule has 6 heteroatoms. The Morgan fingerprint density at radius 1 is 1.45 bits per heavy atom. The van der Waals surface area contributed by atoms with Crippen molar-refractivity contribution in [2.75, 3.05) is 11.6 Å². The normalized spacial score (nSPS) is 21.1. The molecule has 0 aromatic heterocycles. The fourth-order valence-corrected chi connectivity index (χ4v) is 3.00. The van der Waals surface area contributed by atoms with Gasteiger partial charge in [0, 0.05) is 23.8 Å². The van der Waals surface area contributed by atoms with Crippen LogP contribution >= 0.6 is 0 Å². The zero-order valence-electron chi connectivity index (χ0n) is 11.9. The standard InChI is InChI=1S/C14H20FNO3S/c1-4-20(17,18)9-16-12-8-14(2,3)19-13-6-5-10(15)7-11(12)13/h5-7,12,16H,4,8-9H2,1-3H3. The van der Waals surface area contributed by atoms with Crippen LogP contribution < -0.4 is 10.1 Å². The Balaban J connectivity index is 2.27. The Labute approximate surface area is 119 Å². The Kier molecular flexibility index (Phi) is 4.07. The molecule has 0 aliphatic carbocycles. The summed E-state index contributed by atoms with van der Waals surface area (Å²) in [5.74, 6) is 0.231. The lowest BCUT2D eigenvalue weighted by molar-refractivity contribution is 0.0668. The van der Waals surface area contributed by atoms with E-state index in [0.717, 1.165) is 0 Å². The van der Waals surface area contributed by atoms with Gasteiger partial charge in [0.2, 0.25) is 0 Å². The molecule has 0 saturated carbocycles. The first-order valence-corrected chi connectivity index (χ1v) is 8.47. The number of fused-ring (bicyclic) bond motifs is 1. The molecule has 0 amide bonds. The van der Waals surface area contributed by atoms with Crippen LogP contribution in [0, 0.1) is 5.82 Å². The van der Waals surface area contributed by atoms with Crippen LogP contribution in [0.5, 0.6) is 5.75 Å². The number of nitrogens with one attached hydrogen (secondary N) is 1. The van der Waals surface area contributed by atoms with E-state index in [9.17, 15) is 12.8 Å². The lowest BCUT2D eigenvalue weighted by atomic mass is 9.90. The zero-order valence-corrected chi connectivity index (χ0v) is 12.8. The summed E-state index contributed by atoms with van der Waals surface area (Å²) in [6.07, 6.45) is 0.586. The smallest absolute Gasteiger partial charge is 0.162 e. The maximum Gasteiger partial charge on any atom is 0.162 e. The summed E-state index contributed by atoms with van der Waals surface area (Å²) in [7, 11) is -3.11. The summed E-state index contributed by atoms with van der Waals surface area (Å²) >= 11 is 0. The second kappa shape index (κ2) is 5.33. The van der Waals surface area contributed by atoms with Gasteiger partial charge in [-0.15, -0.1) is 0 Å². The molecule has 2 rings (SSSR count). The molecule has 1 aromatic rings. The molecule has 1 heterocycles. The minimum atomic E-state index is -3.11. The van der Waals surface area contributed by atoms with Crippen LogP contribution in [0.1, 0.15) is 38.8 Å². The Hall–Kier alpha value is -1.14. The second-order valence-corrected chi connectivity index (χ2v) is 8.03. The van der Waals surface area contributed by atoms with Crippen LogP contribution in [-0.4, -0.2) is 25.6 Å². The molecule has 1 aromatic carbocycles. The van der Waals surface area contributed by atoms with Crippen molar-refractivity contribution >= 4 is 9.84 Å². The summed E-state index contributed by atoms with van der Waals surface area (Å²) < 4.78 is 42.4. The van der Waals surface area contributed by atoms with Crippen molar-refractivity contribution in [1.29, 1.82) is 0 Å². The van der Waals surface area contributed by atoms with Gasteiger partial charge in [-0.05, 0) is 32.0 Å². The summed E-state index contributed by atoms with van der Waals surface area (Å²) in [6.45, 7) is 5.48. The van der Waals surface area contributed by atoms with Crippen molar-refractivity contribution in [1.82, 2.24) is 5.32 Å². The highest BCUT2D eigenvalue weighted by atomic mass is 32.2. The fourth-order valence-electron chi connectivity index (χ4n) is 2.34. The number of rotatable bonds is 4. The van der Waals surface area contributed by atoms with Crippen LogP contribution in [0.3, 0.4) is 0 Å². The molecular weight excluding hydrogens is 281 g/mol. The number of ether oxygens (including phenoxy) is 1. The topological polar surface area (TPSA) is 55.4 Å². The van der Waals surface area contributed by atoms with Gasteiger partial charge in [-0.1, -0.05) is 6.92 Å². The van der Waals surface area contributed by atoms with E-state index in [-0.39, 0.29) is 23.5 Å². The minimum absolute atomic E-state index is 0.0859. The predicted molar refractivity (Wildman–Crippen MR) is 75.9 cm³/mol. The van der Waals surface area contributed by atoms with E-state index < -0.39 is 15.4 Å². The molecule has 4 nitrogen and oxygen atoms in total. The third-order valence-electron chi connectivity index (χ3n) is 3.42. The summed E-state index contributed by atoms with van der Waals surface area (Å²) in [5, 5.41) is 3.02. The van der Waals surface area contributed by atoms with Crippen LogP contribution in [0.2, 0.25) is 0 Å². The van der Waals surface area contributed by atoms with Gasteiger partial charge in [-0.3, -0.25) is 5.32 Å². The average Bonchev–Trinajstić information content (AvgIpc) is 2.36.